The first-order valence-electron chi connectivity index (χ1n) is 7.98. The lowest BCUT2D eigenvalue weighted by Gasteiger charge is -2.21. The highest BCUT2D eigenvalue weighted by molar-refractivity contribution is 5.68. The van der Waals surface area contributed by atoms with E-state index in [1.165, 1.54) is 0 Å². The molecule has 1 fully saturated rings. The first-order valence-corrected chi connectivity index (χ1v) is 7.98. The quantitative estimate of drug-likeness (QED) is 0.920. The van der Waals surface area contributed by atoms with Crippen LogP contribution in [0.1, 0.15) is 45.6 Å². The summed E-state index contributed by atoms with van der Waals surface area (Å²) in [4.78, 5) is 11.8. The average molecular weight is 316 g/mol. The Morgan fingerprint density at radius 3 is 2.61 bits per heavy atom. The minimum atomic E-state index is -0.471. The number of carbonyl (C=O) groups is 1. The van der Waals surface area contributed by atoms with Crippen LogP contribution < -0.4 is 10.1 Å². The summed E-state index contributed by atoms with van der Waals surface area (Å²) in [6, 6.07) is 9.35. The molecule has 1 aliphatic carbocycles. The van der Waals surface area contributed by atoms with Gasteiger partial charge in [-0.05, 0) is 70.2 Å². The molecule has 2 rings (SSSR count). The Morgan fingerprint density at radius 1 is 1.30 bits per heavy atom. The molecule has 1 amide bonds. The van der Waals surface area contributed by atoms with Gasteiger partial charge >= 0.3 is 6.09 Å². The summed E-state index contributed by atoms with van der Waals surface area (Å²) in [5, 5.41) is 11.7. The van der Waals surface area contributed by atoms with Crippen molar-refractivity contribution in [2.45, 2.75) is 51.7 Å². The van der Waals surface area contributed by atoms with Crippen molar-refractivity contribution >= 4 is 6.09 Å². The summed E-state index contributed by atoms with van der Waals surface area (Å²) in [6.45, 7) is 6.19. The van der Waals surface area contributed by atoms with Crippen LogP contribution in [0.5, 0.6) is 5.75 Å². The summed E-state index contributed by atoms with van der Waals surface area (Å²) in [5.74, 6) is 1.19. The maximum atomic E-state index is 11.8. The number of hydrogen-bond donors (Lipinski definition) is 1. The van der Waals surface area contributed by atoms with Crippen molar-refractivity contribution in [2.75, 3.05) is 6.61 Å². The van der Waals surface area contributed by atoms with Crippen molar-refractivity contribution in [3.63, 3.8) is 0 Å². The smallest absolute Gasteiger partial charge is 0.407 e. The van der Waals surface area contributed by atoms with Gasteiger partial charge in [0, 0.05) is 6.04 Å². The van der Waals surface area contributed by atoms with Gasteiger partial charge in [-0.1, -0.05) is 0 Å². The van der Waals surface area contributed by atoms with E-state index in [1.807, 2.05) is 32.9 Å². The van der Waals surface area contributed by atoms with Gasteiger partial charge in [-0.15, -0.1) is 0 Å². The molecule has 5 heteroatoms. The minimum Gasteiger partial charge on any atom is -0.493 e. The molecular formula is C18H24N2O3. The van der Waals surface area contributed by atoms with Crippen LogP contribution >= 0.6 is 0 Å². The number of amides is 1. The van der Waals surface area contributed by atoms with Crippen LogP contribution in [0.2, 0.25) is 0 Å². The van der Waals surface area contributed by atoms with Crippen LogP contribution in [0.3, 0.4) is 0 Å². The largest absolute Gasteiger partial charge is 0.493 e. The molecule has 23 heavy (non-hydrogen) atoms. The fourth-order valence-corrected chi connectivity index (χ4v) is 2.67. The third-order valence-corrected chi connectivity index (χ3v) is 3.73. The molecule has 0 aliphatic heterocycles. The fourth-order valence-electron chi connectivity index (χ4n) is 2.67. The van der Waals surface area contributed by atoms with E-state index >= 15 is 0 Å². The Bertz CT molecular complexity index is 569. The maximum absolute atomic E-state index is 11.8. The Kier molecular flexibility index (Phi) is 5.49. The second-order valence-corrected chi connectivity index (χ2v) is 6.97. The molecule has 1 N–H and O–H groups in total. The van der Waals surface area contributed by atoms with Crippen LogP contribution in [0, 0.1) is 17.2 Å². The predicted molar refractivity (Wildman–Crippen MR) is 87.2 cm³/mol. The first-order chi connectivity index (χ1) is 10.9. The van der Waals surface area contributed by atoms with Crippen molar-refractivity contribution in [3.05, 3.63) is 29.8 Å². The molecular weight excluding hydrogens is 292 g/mol. The molecule has 1 aromatic rings. The zero-order chi connectivity index (χ0) is 16.9. The third kappa shape index (κ3) is 5.82. The van der Waals surface area contributed by atoms with Gasteiger partial charge in [0.25, 0.3) is 0 Å². The molecule has 1 aromatic carbocycles. The number of nitrogens with zero attached hydrogens (tertiary/aromatic N) is 1. The van der Waals surface area contributed by atoms with E-state index < -0.39 is 5.60 Å². The third-order valence-electron chi connectivity index (χ3n) is 3.73. The molecule has 0 spiro atoms. The maximum Gasteiger partial charge on any atom is 0.407 e. The van der Waals surface area contributed by atoms with Gasteiger partial charge in [0.15, 0.2) is 0 Å². The summed E-state index contributed by atoms with van der Waals surface area (Å²) >= 11 is 0. The minimum absolute atomic E-state index is 0.152. The SMILES string of the molecule is CC(C)(C)OC(=O)N[C@@H]1CC[C@H](COc2ccc(C#N)cc2)C1. The zero-order valence-corrected chi connectivity index (χ0v) is 14.0. The highest BCUT2D eigenvalue weighted by Gasteiger charge is 2.28. The fraction of sp³-hybridized carbons (Fsp3) is 0.556. The Labute approximate surface area is 137 Å². The Balaban J connectivity index is 1.73. The van der Waals surface area contributed by atoms with Crippen LogP contribution in [-0.4, -0.2) is 24.3 Å². The number of nitriles is 1. The topological polar surface area (TPSA) is 71.3 Å². The van der Waals surface area contributed by atoms with Crippen molar-refractivity contribution in [1.29, 1.82) is 5.26 Å². The van der Waals surface area contributed by atoms with E-state index in [4.69, 9.17) is 14.7 Å². The van der Waals surface area contributed by atoms with E-state index in [0.717, 1.165) is 25.0 Å². The second kappa shape index (κ2) is 7.36. The molecule has 0 unspecified atom stereocenters. The molecule has 0 radical (unpaired) electrons. The van der Waals surface area contributed by atoms with Gasteiger partial charge in [0.1, 0.15) is 11.4 Å². The van der Waals surface area contributed by atoms with E-state index in [-0.39, 0.29) is 12.1 Å². The number of carbonyl (C=O) groups excluding carboxylic acids is 1. The van der Waals surface area contributed by atoms with Crippen LogP contribution in [-0.2, 0) is 4.74 Å². The first kappa shape index (κ1) is 17.1. The summed E-state index contributed by atoms with van der Waals surface area (Å²) < 4.78 is 11.0. The molecule has 0 saturated heterocycles. The predicted octanol–water partition coefficient (Wildman–Crippen LogP) is 3.63. The van der Waals surface area contributed by atoms with Gasteiger partial charge in [-0.2, -0.15) is 5.26 Å². The van der Waals surface area contributed by atoms with Crippen LogP contribution in [0.4, 0.5) is 4.79 Å². The number of rotatable bonds is 4. The normalized spacial score (nSPS) is 20.6. The van der Waals surface area contributed by atoms with Gasteiger partial charge in [0.05, 0.1) is 18.2 Å². The lowest BCUT2D eigenvalue weighted by molar-refractivity contribution is 0.0504. The molecule has 0 heterocycles. The Hall–Kier alpha value is -2.22. The van der Waals surface area contributed by atoms with E-state index in [1.54, 1.807) is 12.1 Å². The highest BCUT2D eigenvalue weighted by Crippen LogP contribution is 2.27. The van der Waals surface area contributed by atoms with Crippen molar-refractivity contribution < 1.29 is 14.3 Å². The monoisotopic (exact) mass is 316 g/mol. The number of benzene rings is 1. The Morgan fingerprint density at radius 2 is 2.00 bits per heavy atom. The summed E-state index contributed by atoms with van der Waals surface area (Å²) in [6.07, 6.45) is 2.52. The average Bonchev–Trinajstić information content (AvgIpc) is 2.91. The van der Waals surface area contributed by atoms with Crippen molar-refractivity contribution in [3.8, 4) is 11.8 Å². The summed E-state index contributed by atoms with van der Waals surface area (Å²) in [5.41, 5.74) is 0.153. The summed E-state index contributed by atoms with van der Waals surface area (Å²) in [7, 11) is 0. The van der Waals surface area contributed by atoms with Gasteiger partial charge in [0.2, 0.25) is 0 Å². The molecule has 0 aromatic heterocycles. The number of alkyl carbamates (subject to hydrolysis) is 1. The zero-order valence-electron chi connectivity index (χ0n) is 14.0. The molecule has 2 atom stereocenters. The van der Waals surface area contributed by atoms with Crippen LogP contribution in [0.15, 0.2) is 24.3 Å². The van der Waals surface area contributed by atoms with Crippen molar-refractivity contribution in [2.24, 2.45) is 5.92 Å². The number of nitrogens with one attached hydrogen (secondary N) is 1. The lowest BCUT2D eigenvalue weighted by atomic mass is 10.1. The van der Waals surface area contributed by atoms with E-state index in [9.17, 15) is 4.79 Å². The second-order valence-electron chi connectivity index (χ2n) is 6.97. The number of ether oxygens (including phenoxy) is 2. The van der Waals surface area contributed by atoms with Crippen molar-refractivity contribution in [1.82, 2.24) is 5.32 Å². The molecule has 1 saturated carbocycles. The van der Waals surface area contributed by atoms with E-state index in [0.29, 0.717) is 18.1 Å². The van der Waals surface area contributed by atoms with Gasteiger partial charge < -0.3 is 14.8 Å². The van der Waals surface area contributed by atoms with E-state index in [2.05, 4.69) is 11.4 Å². The highest BCUT2D eigenvalue weighted by atomic mass is 16.6. The van der Waals surface area contributed by atoms with Gasteiger partial charge in [-0.25, -0.2) is 4.79 Å². The molecule has 124 valence electrons. The standard InChI is InChI=1S/C18H24N2O3/c1-18(2,3)23-17(21)20-15-7-4-14(10-15)12-22-16-8-5-13(11-19)6-9-16/h5-6,8-9,14-15H,4,7,10,12H2,1-3H3,(H,20,21)/t14-,15+/m0/s1. The number of hydrogen-bond acceptors (Lipinski definition) is 4. The molecule has 5 nitrogen and oxygen atoms in total. The molecule has 0 bridgehead atoms. The lowest BCUT2D eigenvalue weighted by Crippen LogP contribution is -2.38. The molecule has 1 aliphatic rings. The van der Waals surface area contributed by atoms with Crippen LogP contribution in [0.25, 0.3) is 0 Å². The van der Waals surface area contributed by atoms with Gasteiger partial charge in [-0.3, -0.25) is 0 Å².